The molecule has 0 radical (unpaired) electrons. The largest absolute Gasteiger partial charge is 0.481 e. The molecule has 2 aromatic rings. The number of hydrogen-bond donors (Lipinski definition) is 0. The molecule has 2 rings (SSSR count). The minimum absolute atomic E-state index is 0.165. The Balaban J connectivity index is 2.21. The van der Waals surface area contributed by atoms with Crippen molar-refractivity contribution in [3.63, 3.8) is 0 Å². The second-order valence-corrected chi connectivity index (χ2v) is 6.54. The lowest BCUT2D eigenvalue weighted by atomic mass is 10.1. The van der Waals surface area contributed by atoms with Gasteiger partial charge in [-0.3, -0.25) is 4.79 Å². The van der Waals surface area contributed by atoms with Crippen molar-refractivity contribution >= 4 is 5.91 Å². The quantitative estimate of drug-likeness (QED) is 0.768. The van der Waals surface area contributed by atoms with Crippen LogP contribution >= 0.6 is 0 Å². The first-order chi connectivity index (χ1) is 11.2. The van der Waals surface area contributed by atoms with Crippen molar-refractivity contribution < 1.29 is 9.53 Å². The Bertz CT molecular complexity index is 787. The zero-order chi connectivity index (χ0) is 18.0. The van der Waals surface area contributed by atoms with Gasteiger partial charge in [0.15, 0.2) is 6.10 Å². The van der Waals surface area contributed by atoms with Gasteiger partial charge < -0.3 is 4.74 Å². The summed E-state index contributed by atoms with van der Waals surface area (Å²) in [6, 6.07) is 5.84. The van der Waals surface area contributed by atoms with Gasteiger partial charge in [-0.2, -0.15) is 5.10 Å². The van der Waals surface area contributed by atoms with Gasteiger partial charge in [0.05, 0.1) is 5.69 Å². The van der Waals surface area contributed by atoms with Crippen LogP contribution in [-0.4, -0.2) is 21.8 Å². The monoisotopic (exact) mass is 326 g/mol. The van der Waals surface area contributed by atoms with Crippen molar-refractivity contribution in [2.24, 2.45) is 0 Å². The highest BCUT2D eigenvalue weighted by Crippen LogP contribution is 2.20. The molecule has 0 fully saturated rings. The predicted octanol–water partition coefficient (Wildman–Crippen LogP) is 4.34. The lowest BCUT2D eigenvalue weighted by Gasteiger charge is -2.15. The van der Waals surface area contributed by atoms with Gasteiger partial charge in [0.1, 0.15) is 5.75 Å². The zero-order valence-electron chi connectivity index (χ0n) is 15.4. The number of carbonyl (C=O) groups is 1. The lowest BCUT2D eigenvalue weighted by molar-refractivity contribution is 0.0707. The SMILES string of the molecule is C=C(C)Cc1c(C)nn(C(=O)C(C)Oc2ccc(C)c(C)c2)c1C. The van der Waals surface area contributed by atoms with Crippen LogP contribution in [0.5, 0.6) is 5.75 Å². The maximum absolute atomic E-state index is 12.7. The first-order valence-corrected chi connectivity index (χ1v) is 8.18. The molecule has 1 aromatic heterocycles. The summed E-state index contributed by atoms with van der Waals surface area (Å²) in [7, 11) is 0. The van der Waals surface area contributed by atoms with Crippen LogP contribution in [0.2, 0.25) is 0 Å². The van der Waals surface area contributed by atoms with Gasteiger partial charge >= 0.3 is 0 Å². The molecule has 0 bridgehead atoms. The molecule has 0 saturated carbocycles. The molecule has 0 aliphatic rings. The number of hydrogen-bond acceptors (Lipinski definition) is 3. The molecular formula is C20H26N2O2. The van der Waals surface area contributed by atoms with Crippen molar-refractivity contribution in [2.75, 3.05) is 0 Å². The third-order valence-corrected chi connectivity index (χ3v) is 4.27. The Morgan fingerprint density at radius 2 is 1.92 bits per heavy atom. The zero-order valence-corrected chi connectivity index (χ0v) is 15.4. The van der Waals surface area contributed by atoms with Gasteiger partial charge in [-0.1, -0.05) is 18.2 Å². The van der Waals surface area contributed by atoms with E-state index in [0.717, 1.165) is 34.5 Å². The average Bonchev–Trinajstić information content (AvgIpc) is 2.78. The first kappa shape index (κ1) is 18.0. The van der Waals surface area contributed by atoms with Gasteiger partial charge in [0.25, 0.3) is 5.91 Å². The van der Waals surface area contributed by atoms with E-state index in [1.807, 2.05) is 52.8 Å². The van der Waals surface area contributed by atoms with Crippen LogP contribution in [0, 0.1) is 27.7 Å². The minimum atomic E-state index is -0.609. The molecular weight excluding hydrogens is 300 g/mol. The molecule has 24 heavy (non-hydrogen) atoms. The lowest BCUT2D eigenvalue weighted by Crippen LogP contribution is -2.31. The fourth-order valence-corrected chi connectivity index (χ4v) is 2.66. The molecule has 128 valence electrons. The van der Waals surface area contributed by atoms with E-state index in [1.165, 1.54) is 10.2 Å². The number of benzene rings is 1. The molecule has 1 unspecified atom stereocenters. The van der Waals surface area contributed by atoms with Gasteiger partial charge in [0.2, 0.25) is 0 Å². The average molecular weight is 326 g/mol. The van der Waals surface area contributed by atoms with E-state index < -0.39 is 6.10 Å². The Hall–Kier alpha value is -2.36. The number of aromatic nitrogens is 2. The van der Waals surface area contributed by atoms with Crippen LogP contribution < -0.4 is 4.74 Å². The molecule has 0 amide bonds. The van der Waals surface area contributed by atoms with Gasteiger partial charge in [-0.25, -0.2) is 4.68 Å². The van der Waals surface area contributed by atoms with Crippen LogP contribution in [0.25, 0.3) is 0 Å². The third-order valence-electron chi connectivity index (χ3n) is 4.27. The fraction of sp³-hybridized carbons (Fsp3) is 0.400. The summed E-state index contributed by atoms with van der Waals surface area (Å²) < 4.78 is 7.28. The van der Waals surface area contributed by atoms with Crippen LogP contribution in [0.1, 0.15) is 46.7 Å². The van der Waals surface area contributed by atoms with Crippen molar-refractivity contribution in [1.29, 1.82) is 0 Å². The molecule has 0 N–H and O–H groups in total. The minimum Gasteiger partial charge on any atom is -0.481 e. The molecule has 0 saturated heterocycles. The summed E-state index contributed by atoms with van der Waals surface area (Å²) in [5, 5.41) is 4.40. The van der Waals surface area contributed by atoms with Gasteiger partial charge in [-0.15, -0.1) is 0 Å². The second-order valence-electron chi connectivity index (χ2n) is 6.54. The van der Waals surface area contributed by atoms with Crippen LogP contribution in [0.4, 0.5) is 0 Å². The van der Waals surface area contributed by atoms with Crippen molar-refractivity contribution in [3.05, 3.63) is 58.4 Å². The molecule has 4 nitrogen and oxygen atoms in total. The van der Waals surface area contributed by atoms with Gasteiger partial charge in [0, 0.05) is 11.3 Å². The van der Waals surface area contributed by atoms with E-state index in [1.54, 1.807) is 6.92 Å². The maximum Gasteiger partial charge on any atom is 0.287 e. The highest BCUT2D eigenvalue weighted by molar-refractivity contribution is 5.83. The third kappa shape index (κ3) is 3.75. The Morgan fingerprint density at radius 1 is 1.25 bits per heavy atom. The fourth-order valence-electron chi connectivity index (χ4n) is 2.66. The molecule has 1 atom stereocenters. The van der Waals surface area contributed by atoms with Crippen molar-refractivity contribution in [1.82, 2.24) is 9.78 Å². The van der Waals surface area contributed by atoms with E-state index in [0.29, 0.717) is 5.75 Å². The van der Waals surface area contributed by atoms with Gasteiger partial charge in [-0.05, 0) is 71.2 Å². The Kier molecular flexibility index (Phi) is 5.27. The number of allylic oxidation sites excluding steroid dienone is 1. The number of nitrogens with zero attached hydrogens (tertiary/aromatic N) is 2. The summed E-state index contributed by atoms with van der Waals surface area (Å²) in [5.74, 6) is 0.532. The van der Waals surface area contributed by atoms with E-state index in [9.17, 15) is 4.79 Å². The maximum atomic E-state index is 12.7. The highest BCUT2D eigenvalue weighted by Gasteiger charge is 2.22. The van der Waals surface area contributed by atoms with E-state index in [2.05, 4.69) is 11.7 Å². The first-order valence-electron chi connectivity index (χ1n) is 8.18. The molecule has 1 aromatic carbocycles. The molecule has 1 heterocycles. The topological polar surface area (TPSA) is 44.1 Å². The number of ether oxygens (including phenoxy) is 1. The smallest absolute Gasteiger partial charge is 0.287 e. The predicted molar refractivity (Wildman–Crippen MR) is 96.9 cm³/mol. The summed E-state index contributed by atoms with van der Waals surface area (Å²) in [6.45, 7) is 15.6. The highest BCUT2D eigenvalue weighted by atomic mass is 16.5. The van der Waals surface area contributed by atoms with E-state index in [4.69, 9.17) is 4.74 Å². The Labute approximate surface area is 144 Å². The summed E-state index contributed by atoms with van der Waals surface area (Å²) in [5.41, 5.74) is 6.17. The van der Waals surface area contributed by atoms with Crippen LogP contribution in [-0.2, 0) is 6.42 Å². The summed E-state index contributed by atoms with van der Waals surface area (Å²) >= 11 is 0. The van der Waals surface area contributed by atoms with Crippen LogP contribution in [0.15, 0.2) is 30.4 Å². The summed E-state index contributed by atoms with van der Waals surface area (Å²) in [4.78, 5) is 12.7. The van der Waals surface area contributed by atoms with E-state index >= 15 is 0 Å². The number of rotatable bonds is 5. The molecule has 0 spiro atoms. The Morgan fingerprint density at radius 3 is 2.50 bits per heavy atom. The molecule has 4 heteroatoms. The summed E-state index contributed by atoms with van der Waals surface area (Å²) in [6.07, 6.45) is 0.125. The number of aryl methyl sites for hydroxylation is 3. The molecule has 0 aliphatic heterocycles. The standard InChI is InChI=1S/C20H26N2O2/c1-12(2)10-19-15(5)21-22(16(19)6)20(23)17(7)24-18-9-8-13(3)14(4)11-18/h8-9,11,17H,1,10H2,2-7H3. The normalized spacial score (nSPS) is 12.1. The molecule has 0 aliphatic carbocycles. The van der Waals surface area contributed by atoms with Crippen LogP contribution in [0.3, 0.4) is 0 Å². The second kappa shape index (κ2) is 7.04. The van der Waals surface area contributed by atoms with E-state index in [-0.39, 0.29) is 5.91 Å². The number of carbonyl (C=O) groups excluding carboxylic acids is 1. The van der Waals surface area contributed by atoms with Crippen molar-refractivity contribution in [3.8, 4) is 5.75 Å². The van der Waals surface area contributed by atoms with Crippen molar-refractivity contribution in [2.45, 2.75) is 54.1 Å².